The standard InChI is InChI=1S/C14H12Cl2N2O2/c1-8(19)18-14(9-4-6-17-7-5-9)12-11(20)3-2-10(15)13(12)16/h2-7,14,20H,1H3,(H,18,19). The average molecular weight is 311 g/mol. The van der Waals surface area contributed by atoms with Crippen molar-refractivity contribution in [3.63, 3.8) is 0 Å². The van der Waals surface area contributed by atoms with Crippen molar-refractivity contribution in [1.82, 2.24) is 10.3 Å². The third-order valence-electron chi connectivity index (χ3n) is 2.79. The Morgan fingerprint density at radius 3 is 2.50 bits per heavy atom. The van der Waals surface area contributed by atoms with Gasteiger partial charge in [0.25, 0.3) is 0 Å². The summed E-state index contributed by atoms with van der Waals surface area (Å²) in [5, 5.41) is 13.3. The number of benzene rings is 1. The van der Waals surface area contributed by atoms with Gasteiger partial charge in [-0.3, -0.25) is 9.78 Å². The van der Waals surface area contributed by atoms with Gasteiger partial charge < -0.3 is 10.4 Å². The van der Waals surface area contributed by atoms with Gasteiger partial charge >= 0.3 is 0 Å². The highest BCUT2D eigenvalue weighted by Gasteiger charge is 2.23. The van der Waals surface area contributed by atoms with E-state index in [1.165, 1.54) is 19.1 Å². The van der Waals surface area contributed by atoms with Crippen LogP contribution in [0.3, 0.4) is 0 Å². The number of nitrogens with zero attached hydrogens (tertiary/aromatic N) is 1. The fourth-order valence-corrected chi connectivity index (χ4v) is 2.35. The van der Waals surface area contributed by atoms with Gasteiger partial charge in [0.05, 0.1) is 16.1 Å². The number of aromatic hydroxyl groups is 1. The Morgan fingerprint density at radius 2 is 1.90 bits per heavy atom. The highest BCUT2D eigenvalue weighted by Crippen LogP contribution is 2.39. The zero-order valence-corrected chi connectivity index (χ0v) is 12.1. The first-order valence-corrected chi connectivity index (χ1v) is 6.60. The number of aromatic nitrogens is 1. The van der Waals surface area contributed by atoms with Gasteiger partial charge in [0.2, 0.25) is 5.91 Å². The monoisotopic (exact) mass is 310 g/mol. The molecule has 6 heteroatoms. The molecular formula is C14H12Cl2N2O2. The number of phenolic OH excluding ortho intramolecular Hbond substituents is 1. The minimum Gasteiger partial charge on any atom is -0.508 e. The van der Waals surface area contributed by atoms with Crippen LogP contribution in [0.4, 0.5) is 0 Å². The molecule has 0 fully saturated rings. The van der Waals surface area contributed by atoms with Crippen molar-refractivity contribution in [3.05, 3.63) is 57.8 Å². The predicted molar refractivity (Wildman–Crippen MR) is 78.0 cm³/mol. The number of rotatable bonds is 3. The highest BCUT2D eigenvalue weighted by molar-refractivity contribution is 6.42. The molecule has 104 valence electrons. The van der Waals surface area contributed by atoms with Crippen LogP contribution in [0.5, 0.6) is 5.75 Å². The fourth-order valence-electron chi connectivity index (χ4n) is 1.91. The number of pyridine rings is 1. The summed E-state index contributed by atoms with van der Waals surface area (Å²) in [7, 11) is 0. The van der Waals surface area contributed by atoms with Crippen molar-refractivity contribution in [2.24, 2.45) is 0 Å². The van der Waals surface area contributed by atoms with Crippen LogP contribution >= 0.6 is 23.2 Å². The van der Waals surface area contributed by atoms with Crippen LogP contribution in [0, 0.1) is 0 Å². The number of hydrogen-bond donors (Lipinski definition) is 2. The lowest BCUT2D eigenvalue weighted by Gasteiger charge is -2.21. The van der Waals surface area contributed by atoms with Crippen molar-refractivity contribution >= 4 is 29.1 Å². The minimum atomic E-state index is -0.596. The SMILES string of the molecule is CC(=O)NC(c1ccncc1)c1c(O)ccc(Cl)c1Cl. The van der Waals surface area contributed by atoms with Gasteiger partial charge in [-0.25, -0.2) is 0 Å². The minimum absolute atomic E-state index is 0.0324. The van der Waals surface area contributed by atoms with Crippen molar-refractivity contribution in [3.8, 4) is 5.75 Å². The Balaban J connectivity index is 2.58. The van der Waals surface area contributed by atoms with Crippen LogP contribution in [0.25, 0.3) is 0 Å². The summed E-state index contributed by atoms with van der Waals surface area (Å²) >= 11 is 12.2. The number of amides is 1. The first kappa shape index (κ1) is 14.6. The van der Waals surface area contributed by atoms with E-state index < -0.39 is 6.04 Å². The topological polar surface area (TPSA) is 62.2 Å². The molecule has 1 amide bonds. The van der Waals surface area contributed by atoms with E-state index in [-0.39, 0.29) is 16.7 Å². The fraction of sp³-hybridized carbons (Fsp3) is 0.143. The second kappa shape index (κ2) is 6.11. The smallest absolute Gasteiger partial charge is 0.217 e. The van der Waals surface area contributed by atoms with Gasteiger partial charge in [-0.15, -0.1) is 0 Å². The molecule has 0 saturated heterocycles. The summed E-state index contributed by atoms with van der Waals surface area (Å²) in [6.07, 6.45) is 3.19. The van der Waals surface area contributed by atoms with Gasteiger partial charge in [0, 0.05) is 24.9 Å². The molecule has 0 spiro atoms. The molecule has 1 heterocycles. The van der Waals surface area contributed by atoms with Crippen LogP contribution < -0.4 is 5.32 Å². The molecule has 2 aromatic rings. The molecule has 1 atom stereocenters. The molecule has 0 aliphatic heterocycles. The van der Waals surface area contributed by atoms with Gasteiger partial charge in [-0.1, -0.05) is 23.2 Å². The molecule has 1 aromatic carbocycles. The number of halogens is 2. The zero-order chi connectivity index (χ0) is 14.7. The quantitative estimate of drug-likeness (QED) is 0.914. The molecule has 0 bridgehead atoms. The lowest BCUT2D eigenvalue weighted by Crippen LogP contribution is -2.27. The van der Waals surface area contributed by atoms with E-state index in [4.69, 9.17) is 23.2 Å². The third kappa shape index (κ3) is 3.03. The molecule has 0 saturated carbocycles. The maximum atomic E-state index is 11.4. The molecule has 4 nitrogen and oxygen atoms in total. The molecule has 0 radical (unpaired) electrons. The van der Waals surface area contributed by atoms with Crippen LogP contribution in [-0.4, -0.2) is 16.0 Å². The maximum absolute atomic E-state index is 11.4. The van der Waals surface area contributed by atoms with Crippen LogP contribution in [0.1, 0.15) is 24.1 Å². The van der Waals surface area contributed by atoms with Gasteiger partial charge in [0.15, 0.2) is 0 Å². The number of nitrogens with one attached hydrogen (secondary N) is 1. The van der Waals surface area contributed by atoms with E-state index in [0.29, 0.717) is 10.6 Å². The van der Waals surface area contributed by atoms with Crippen LogP contribution in [-0.2, 0) is 4.79 Å². The Hall–Kier alpha value is -1.78. The second-order valence-corrected chi connectivity index (χ2v) is 4.99. The third-order valence-corrected chi connectivity index (χ3v) is 3.60. The van der Waals surface area contributed by atoms with Gasteiger partial charge in [-0.05, 0) is 29.8 Å². The summed E-state index contributed by atoms with van der Waals surface area (Å²) in [6.45, 7) is 1.39. The van der Waals surface area contributed by atoms with Crippen molar-refractivity contribution in [1.29, 1.82) is 0 Å². The molecular weight excluding hydrogens is 299 g/mol. The van der Waals surface area contributed by atoms with Crippen LogP contribution in [0.2, 0.25) is 10.0 Å². The predicted octanol–water partition coefficient (Wildman–Crippen LogP) is 3.32. The first-order valence-electron chi connectivity index (χ1n) is 5.84. The van der Waals surface area contributed by atoms with E-state index in [1.54, 1.807) is 24.5 Å². The summed E-state index contributed by atoms with van der Waals surface area (Å²) < 4.78 is 0. The summed E-state index contributed by atoms with van der Waals surface area (Å²) in [5.41, 5.74) is 1.11. The summed E-state index contributed by atoms with van der Waals surface area (Å²) in [5.74, 6) is -0.280. The summed E-state index contributed by atoms with van der Waals surface area (Å²) in [4.78, 5) is 15.4. The van der Waals surface area contributed by atoms with Gasteiger partial charge in [-0.2, -0.15) is 0 Å². The molecule has 2 N–H and O–H groups in total. The molecule has 1 unspecified atom stereocenters. The Kier molecular flexibility index (Phi) is 4.47. The van der Waals surface area contributed by atoms with E-state index in [9.17, 15) is 9.90 Å². The Morgan fingerprint density at radius 1 is 1.25 bits per heavy atom. The molecule has 1 aromatic heterocycles. The normalized spacial score (nSPS) is 11.9. The second-order valence-electron chi connectivity index (χ2n) is 4.21. The van der Waals surface area contributed by atoms with Gasteiger partial charge in [0.1, 0.15) is 5.75 Å². The molecule has 0 aliphatic rings. The lowest BCUT2D eigenvalue weighted by atomic mass is 9.98. The number of hydrogen-bond acceptors (Lipinski definition) is 3. The van der Waals surface area contributed by atoms with Crippen molar-refractivity contribution < 1.29 is 9.90 Å². The highest BCUT2D eigenvalue weighted by atomic mass is 35.5. The largest absolute Gasteiger partial charge is 0.508 e. The zero-order valence-electron chi connectivity index (χ0n) is 10.6. The number of phenols is 1. The number of carbonyl (C=O) groups excluding carboxylic acids is 1. The van der Waals surface area contributed by atoms with Crippen molar-refractivity contribution in [2.75, 3.05) is 0 Å². The van der Waals surface area contributed by atoms with E-state index in [1.807, 2.05) is 0 Å². The molecule has 0 aliphatic carbocycles. The lowest BCUT2D eigenvalue weighted by molar-refractivity contribution is -0.119. The molecule has 2 rings (SSSR count). The van der Waals surface area contributed by atoms with Crippen molar-refractivity contribution in [2.45, 2.75) is 13.0 Å². The Bertz CT molecular complexity index is 633. The van der Waals surface area contributed by atoms with E-state index >= 15 is 0 Å². The average Bonchev–Trinajstić information content (AvgIpc) is 2.43. The van der Waals surface area contributed by atoms with E-state index in [2.05, 4.69) is 10.3 Å². The molecule has 20 heavy (non-hydrogen) atoms. The number of carbonyl (C=O) groups is 1. The Labute approximate surface area is 126 Å². The maximum Gasteiger partial charge on any atom is 0.217 e. The first-order chi connectivity index (χ1) is 9.50. The van der Waals surface area contributed by atoms with E-state index in [0.717, 1.165) is 5.56 Å². The van der Waals surface area contributed by atoms with Crippen LogP contribution in [0.15, 0.2) is 36.7 Å². The summed E-state index contributed by atoms with van der Waals surface area (Å²) in [6, 6.07) is 5.82.